The van der Waals surface area contributed by atoms with Crippen LogP contribution in [-0.2, 0) is 11.8 Å². The Bertz CT molecular complexity index is 1070. The molecule has 30 heavy (non-hydrogen) atoms. The van der Waals surface area contributed by atoms with Crippen LogP contribution in [0, 0.1) is 22.6 Å². The molecule has 0 radical (unpaired) electrons. The number of aromatic nitrogens is 1. The van der Waals surface area contributed by atoms with Gasteiger partial charge in [-0.05, 0) is 25.1 Å². The Morgan fingerprint density at radius 1 is 1.33 bits per heavy atom. The molecule has 0 fully saturated rings. The minimum atomic E-state index is -4.70. The van der Waals surface area contributed by atoms with Crippen molar-refractivity contribution >= 4 is 34.8 Å². The highest BCUT2D eigenvalue weighted by atomic mass is 35.5. The van der Waals surface area contributed by atoms with E-state index in [0.29, 0.717) is 0 Å². The SMILES string of the molecule is CC(NC(=O)C(=N)c1cn(C)c(C(=O)Nc2ccc(F)c(C#N)c2)c1Cl)C(F)(F)F. The number of nitriles is 1. The first-order chi connectivity index (χ1) is 13.9. The molecule has 0 aliphatic rings. The fourth-order valence-corrected chi connectivity index (χ4v) is 2.75. The summed E-state index contributed by atoms with van der Waals surface area (Å²) in [6.45, 7) is 0.717. The number of carbonyl (C=O) groups excluding carboxylic acids is 2. The van der Waals surface area contributed by atoms with Crippen LogP contribution >= 0.6 is 11.6 Å². The van der Waals surface area contributed by atoms with Gasteiger partial charge in [0, 0.05) is 24.5 Å². The topological polar surface area (TPSA) is 111 Å². The maximum absolute atomic E-state index is 13.4. The monoisotopic (exact) mass is 443 g/mol. The summed E-state index contributed by atoms with van der Waals surface area (Å²) in [5.74, 6) is -2.90. The molecule has 0 saturated heterocycles. The van der Waals surface area contributed by atoms with E-state index in [1.165, 1.54) is 17.7 Å². The van der Waals surface area contributed by atoms with E-state index >= 15 is 0 Å². The van der Waals surface area contributed by atoms with Crippen LogP contribution < -0.4 is 10.6 Å². The number of amides is 2. The summed E-state index contributed by atoms with van der Waals surface area (Å²) in [5.41, 5.74) is -1.53. The average molecular weight is 444 g/mol. The van der Waals surface area contributed by atoms with Gasteiger partial charge in [0.15, 0.2) is 0 Å². The highest BCUT2D eigenvalue weighted by Gasteiger charge is 2.38. The number of aryl methyl sites for hydroxylation is 1. The maximum atomic E-state index is 13.4. The molecular formula is C18H14ClF4N5O2. The van der Waals surface area contributed by atoms with Crippen LogP contribution in [0.4, 0.5) is 23.2 Å². The molecule has 2 aromatic rings. The smallest absolute Gasteiger partial charge is 0.345 e. The van der Waals surface area contributed by atoms with Crippen molar-refractivity contribution < 1.29 is 27.2 Å². The number of alkyl halides is 3. The van der Waals surface area contributed by atoms with Gasteiger partial charge in [0.05, 0.1) is 10.6 Å². The molecule has 0 spiro atoms. The second kappa shape index (κ2) is 8.54. The summed E-state index contributed by atoms with van der Waals surface area (Å²) in [6, 6.07) is 2.71. The van der Waals surface area contributed by atoms with Crippen molar-refractivity contribution in [2.45, 2.75) is 19.1 Å². The largest absolute Gasteiger partial charge is 0.408 e. The molecule has 1 aromatic heterocycles. The molecule has 1 atom stereocenters. The van der Waals surface area contributed by atoms with Crippen molar-refractivity contribution in [3.05, 3.63) is 52.1 Å². The molecule has 0 bridgehead atoms. The Balaban J connectivity index is 2.26. The van der Waals surface area contributed by atoms with E-state index < -0.39 is 35.6 Å². The number of hydrogen-bond acceptors (Lipinski definition) is 4. The Labute approximate surface area is 172 Å². The van der Waals surface area contributed by atoms with Crippen LogP contribution in [0.1, 0.15) is 28.5 Å². The van der Waals surface area contributed by atoms with Crippen LogP contribution in [-0.4, -0.2) is 34.3 Å². The second-order valence-electron chi connectivity index (χ2n) is 6.19. The van der Waals surface area contributed by atoms with Gasteiger partial charge in [0.25, 0.3) is 11.8 Å². The lowest BCUT2D eigenvalue weighted by Gasteiger charge is -2.17. The molecule has 0 aliphatic heterocycles. The van der Waals surface area contributed by atoms with Gasteiger partial charge >= 0.3 is 6.18 Å². The van der Waals surface area contributed by atoms with Gasteiger partial charge in [-0.1, -0.05) is 11.6 Å². The van der Waals surface area contributed by atoms with Crippen molar-refractivity contribution in [1.82, 2.24) is 9.88 Å². The van der Waals surface area contributed by atoms with Gasteiger partial charge in [0.2, 0.25) is 0 Å². The highest BCUT2D eigenvalue weighted by molar-refractivity contribution is 6.49. The number of nitrogens with one attached hydrogen (secondary N) is 3. The van der Waals surface area contributed by atoms with Crippen LogP contribution in [0.25, 0.3) is 0 Å². The van der Waals surface area contributed by atoms with E-state index in [1.807, 2.05) is 0 Å². The lowest BCUT2D eigenvalue weighted by atomic mass is 10.1. The Hall–Kier alpha value is -3.39. The van der Waals surface area contributed by atoms with Crippen LogP contribution in [0.5, 0.6) is 0 Å². The number of hydrogen-bond donors (Lipinski definition) is 3. The molecule has 7 nitrogen and oxygen atoms in total. The zero-order chi connectivity index (χ0) is 22.8. The standard InChI is InChI=1S/C18H14ClF4N5O2/c1-8(18(21,22)23)26-16(29)14(25)11-7-28(2)15(13(11)19)17(30)27-10-3-4-12(20)9(5-10)6-24/h3-5,7-8,25H,1-2H3,(H,26,29)(H,27,30). The molecule has 3 N–H and O–H groups in total. The zero-order valence-electron chi connectivity index (χ0n) is 15.5. The van der Waals surface area contributed by atoms with Crippen LogP contribution in [0.3, 0.4) is 0 Å². The van der Waals surface area contributed by atoms with Crippen LogP contribution in [0.15, 0.2) is 24.4 Å². The van der Waals surface area contributed by atoms with Crippen molar-refractivity contribution in [3.63, 3.8) is 0 Å². The van der Waals surface area contributed by atoms with Gasteiger partial charge in [-0.25, -0.2) is 4.39 Å². The van der Waals surface area contributed by atoms with E-state index in [2.05, 4.69) is 5.32 Å². The second-order valence-corrected chi connectivity index (χ2v) is 6.57. The van der Waals surface area contributed by atoms with E-state index in [4.69, 9.17) is 22.3 Å². The van der Waals surface area contributed by atoms with Gasteiger partial charge in [-0.2, -0.15) is 18.4 Å². The van der Waals surface area contributed by atoms with E-state index in [-0.39, 0.29) is 27.5 Å². The summed E-state index contributed by atoms with van der Waals surface area (Å²) in [4.78, 5) is 24.5. The van der Waals surface area contributed by atoms with Gasteiger partial charge in [-0.3, -0.25) is 15.0 Å². The summed E-state index contributed by atoms with van der Waals surface area (Å²) in [7, 11) is 1.37. The molecule has 0 saturated carbocycles. The fourth-order valence-electron chi connectivity index (χ4n) is 2.38. The first-order valence-corrected chi connectivity index (χ1v) is 8.57. The molecule has 1 unspecified atom stereocenters. The highest BCUT2D eigenvalue weighted by Crippen LogP contribution is 2.26. The molecule has 158 valence electrons. The summed E-state index contributed by atoms with van der Waals surface area (Å²) in [5, 5.41) is 20.4. The van der Waals surface area contributed by atoms with Crippen molar-refractivity contribution in [3.8, 4) is 6.07 Å². The lowest BCUT2D eigenvalue weighted by Crippen LogP contribution is -2.45. The average Bonchev–Trinajstić information content (AvgIpc) is 2.95. The molecule has 1 heterocycles. The van der Waals surface area contributed by atoms with Gasteiger partial charge in [-0.15, -0.1) is 0 Å². The fraction of sp³-hybridized carbons (Fsp3) is 0.222. The number of nitrogens with zero attached hydrogens (tertiary/aromatic N) is 2. The number of anilines is 1. The first-order valence-electron chi connectivity index (χ1n) is 8.19. The number of benzene rings is 1. The Morgan fingerprint density at radius 2 is 1.97 bits per heavy atom. The van der Waals surface area contributed by atoms with E-state index in [9.17, 15) is 27.2 Å². The van der Waals surface area contributed by atoms with Gasteiger partial charge < -0.3 is 15.2 Å². The maximum Gasteiger partial charge on any atom is 0.408 e. The van der Waals surface area contributed by atoms with Crippen molar-refractivity contribution in [2.75, 3.05) is 5.32 Å². The van der Waals surface area contributed by atoms with Crippen molar-refractivity contribution in [1.29, 1.82) is 10.7 Å². The summed E-state index contributed by atoms with van der Waals surface area (Å²) < 4.78 is 52.4. The molecule has 2 rings (SSSR count). The molecular weight excluding hydrogens is 430 g/mol. The minimum absolute atomic E-state index is 0.0867. The summed E-state index contributed by atoms with van der Waals surface area (Å²) >= 11 is 6.10. The Kier molecular flexibility index (Phi) is 6.52. The third kappa shape index (κ3) is 4.77. The summed E-state index contributed by atoms with van der Waals surface area (Å²) in [6.07, 6.45) is -3.55. The molecule has 0 aliphatic carbocycles. The third-order valence-electron chi connectivity index (χ3n) is 4.01. The quantitative estimate of drug-likeness (QED) is 0.486. The molecule has 2 amide bonds. The van der Waals surface area contributed by atoms with E-state index in [0.717, 1.165) is 25.3 Å². The first kappa shape index (κ1) is 22.9. The lowest BCUT2D eigenvalue weighted by molar-refractivity contribution is -0.156. The predicted molar refractivity (Wildman–Crippen MR) is 100.0 cm³/mol. The molecule has 12 heteroatoms. The minimum Gasteiger partial charge on any atom is -0.345 e. The van der Waals surface area contributed by atoms with E-state index in [1.54, 1.807) is 11.4 Å². The normalized spacial score (nSPS) is 12.1. The number of rotatable bonds is 5. The van der Waals surface area contributed by atoms with Gasteiger partial charge in [0.1, 0.15) is 29.3 Å². The Morgan fingerprint density at radius 3 is 2.53 bits per heavy atom. The van der Waals surface area contributed by atoms with Crippen LogP contribution in [0.2, 0.25) is 5.02 Å². The predicted octanol–water partition coefficient (Wildman–Crippen LogP) is 3.38. The molecule has 1 aromatic carbocycles. The van der Waals surface area contributed by atoms with Crippen molar-refractivity contribution in [2.24, 2.45) is 7.05 Å². The third-order valence-corrected chi connectivity index (χ3v) is 4.40. The number of carbonyl (C=O) groups is 2. The zero-order valence-corrected chi connectivity index (χ0v) is 16.2. The number of halogens is 5.